The molecule has 7 heteroatoms. The van der Waals surface area contributed by atoms with Crippen molar-refractivity contribution in [2.45, 2.75) is 26.3 Å². The van der Waals surface area contributed by atoms with Crippen molar-refractivity contribution < 1.29 is 19.1 Å². The number of amides is 2. The van der Waals surface area contributed by atoms with Gasteiger partial charge in [-0.1, -0.05) is 50.2 Å². The van der Waals surface area contributed by atoms with Crippen molar-refractivity contribution in [2.75, 3.05) is 5.32 Å². The zero-order valence-electron chi connectivity index (χ0n) is 17.3. The molecule has 2 amide bonds. The maximum atomic E-state index is 12.8. The topological polar surface area (TPSA) is 84.5 Å². The molecular weight excluding hydrogens is 412 g/mol. The molecule has 3 rings (SSSR count). The minimum absolute atomic E-state index is 0.171. The van der Waals surface area contributed by atoms with Crippen LogP contribution in [0.1, 0.15) is 41.5 Å². The third-order valence-electron chi connectivity index (χ3n) is 4.34. The number of anilines is 1. The number of hydrogen-bond donors (Lipinski definition) is 2. The van der Waals surface area contributed by atoms with Crippen LogP contribution in [0.5, 0.6) is 5.75 Å². The zero-order valence-corrected chi connectivity index (χ0v) is 18.1. The maximum Gasteiger partial charge on any atom is 0.338 e. The van der Waals surface area contributed by atoms with Crippen LogP contribution >= 0.6 is 11.3 Å². The van der Waals surface area contributed by atoms with Gasteiger partial charge in [0, 0.05) is 12.1 Å². The first-order chi connectivity index (χ1) is 14.9. The number of carbonyl (C=O) groups excluding carboxylic acids is 3. The Morgan fingerprint density at radius 1 is 0.935 bits per heavy atom. The molecule has 1 aromatic heterocycles. The highest BCUT2D eigenvalue weighted by Gasteiger charge is 2.25. The van der Waals surface area contributed by atoms with Gasteiger partial charge in [0.1, 0.15) is 5.75 Å². The van der Waals surface area contributed by atoms with Crippen molar-refractivity contribution in [3.8, 4) is 5.75 Å². The summed E-state index contributed by atoms with van der Waals surface area (Å²) in [6, 6.07) is 18.1. The standard InChI is InChI=1S/C24H24N2O4S/c1-16(2)15-21(27)26-22(17-7-4-3-5-8-17)24(29)30-19-12-10-18(11-13-19)25-23(28)20-9-6-14-31-20/h3-14,16,22H,15H2,1-2H3,(H,25,28)(H,26,27). The number of thiophene rings is 1. The Balaban J connectivity index is 1.67. The molecule has 0 radical (unpaired) electrons. The Hall–Kier alpha value is -3.45. The van der Waals surface area contributed by atoms with E-state index in [0.717, 1.165) is 0 Å². The van der Waals surface area contributed by atoms with Gasteiger partial charge in [-0.3, -0.25) is 9.59 Å². The largest absolute Gasteiger partial charge is 0.425 e. The van der Waals surface area contributed by atoms with E-state index in [0.29, 0.717) is 28.3 Å². The summed E-state index contributed by atoms with van der Waals surface area (Å²) in [6.07, 6.45) is 0.315. The number of benzene rings is 2. The number of ether oxygens (including phenoxy) is 1. The Labute approximate surface area is 185 Å². The number of rotatable bonds is 8. The van der Waals surface area contributed by atoms with Gasteiger partial charge in [-0.2, -0.15) is 0 Å². The fraction of sp³-hybridized carbons (Fsp3) is 0.208. The number of esters is 1. The summed E-state index contributed by atoms with van der Waals surface area (Å²) >= 11 is 1.36. The molecule has 0 bridgehead atoms. The lowest BCUT2D eigenvalue weighted by molar-refractivity contribution is -0.139. The van der Waals surface area contributed by atoms with Crippen LogP contribution in [0.25, 0.3) is 0 Å². The van der Waals surface area contributed by atoms with Gasteiger partial charge in [0.05, 0.1) is 4.88 Å². The molecule has 6 nitrogen and oxygen atoms in total. The lowest BCUT2D eigenvalue weighted by Gasteiger charge is -2.18. The fourth-order valence-corrected chi connectivity index (χ4v) is 3.52. The van der Waals surface area contributed by atoms with Crippen LogP contribution in [0, 0.1) is 5.92 Å². The van der Waals surface area contributed by atoms with Gasteiger partial charge in [0.15, 0.2) is 6.04 Å². The molecule has 0 saturated heterocycles. The monoisotopic (exact) mass is 436 g/mol. The third-order valence-corrected chi connectivity index (χ3v) is 5.21. The molecule has 31 heavy (non-hydrogen) atoms. The van der Waals surface area contributed by atoms with Crippen molar-refractivity contribution in [2.24, 2.45) is 5.92 Å². The summed E-state index contributed by atoms with van der Waals surface area (Å²) in [5.74, 6) is -0.509. The summed E-state index contributed by atoms with van der Waals surface area (Å²) in [5, 5.41) is 7.39. The first kappa shape index (κ1) is 22.2. The van der Waals surface area contributed by atoms with Gasteiger partial charge in [-0.25, -0.2) is 4.79 Å². The van der Waals surface area contributed by atoms with Gasteiger partial charge >= 0.3 is 5.97 Å². The van der Waals surface area contributed by atoms with Crippen molar-refractivity contribution in [3.05, 3.63) is 82.6 Å². The smallest absolute Gasteiger partial charge is 0.338 e. The van der Waals surface area contributed by atoms with Crippen molar-refractivity contribution in [1.29, 1.82) is 0 Å². The SMILES string of the molecule is CC(C)CC(=O)NC(C(=O)Oc1ccc(NC(=O)c2cccs2)cc1)c1ccccc1. The molecule has 2 aromatic carbocycles. The van der Waals surface area contributed by atoms with Crippen molar-refractivity contribution in [3.63, 3.8) is 0 Å². The zero-order chi connectivity index (χ0) is 22.2. The van der Waals surface area contributed by atoms with E-state index in [1.807, 2.05) is 31.4 Å². The highest BCUT2D eigenvalue weighted by Crippen LogP contribution is 2.21. The number of carbonyl (C=O) groups is 3. The molecule has 160 valence electrons. The number of nitrogens with one attached hydrogen (secondary N) is 2. The second-order valence-corrected chi connectivity index (χ2v) is 8.33. The molecule has 0 aliphatic carbocycles. The van der Waals surface area contributed by atoms with Crippen LogP contribution < -0.4 is 15.4 Å². The Morgan fingerprint density at radius 3 is 2.26 bits per heavy atom. The van der Waals surface area contributed by atoms with Crippen LogP contribution in [0.4, 0.5) is 5.69 Å². The van der Waals surface area contributed by atoms with Crippen LogP contribution in [0.15, 0.2) is 72.1 Å². The average Bonchev–Trinajstić information content (AvgIpc) is 3.28. The second-order valence-electron chi connectivity index (χ2n) is 7.39. The molecule has 1 heterocycles. The van der Waals surface area contributed by atoms with E-state index in [2.05, 4.69) is 10.6 Å². The quantitative estimate of drug-likeness (QED) is 0.392. The molecule has 3 aromatic rings. The van der Waals surface area contributed by atoms with Crippen LogP contribution in [0.2, 0.25) is 0 Å². The van der Waals surface area contributed by atoms with Crippen molar-refractivity contribution in [1.82, 2.24) is 5.32 Å². The molecular formula is C24H24N2O4S. The van der Waals surface area contributed by atoms with Crippen LogP contribution in [-0.4, -0.2) is 17.8 Å². The van der Waals surface area contributed by atoms with E-state index in [1.54, 1.807) is 54.6 Å². The average molecular weight is 437 g/mol. The second kappa shape index (κ2) is 10.5. The normalized spacial score (nSPS) is 11.6. The summed E-state index contributed by atoms with van der Waals surface area (Å²) in [4.78, 5) is 37.9. The highest BCUT2D eigenvalue weighted by atomic mass is 32.1. The van der Waals surface area contributed by atoms with Gasteiger partial charge < -0.3 is 15.4 Å². The lowest BCUT2D eigenvalue weighted by Crippen LogP contribution is -2.36. The molecule has 0 saturated carbocycles. The summed E-state index contributed by atoms with van der Waals surface area (Å²) in [7, 11) is 0. The maximum absolute atomic E-state index is 12.8. The predicted octanol–water partition coefficient (Wildman–Crippen LogP) is 4.81. The van der Waals surface area contributed by atoms with E-state index in [1.165, 1.54) is 11.3 Å². The third kappa shape index (κ3) is 6.52. The molecule has 1 atom stereocenters. The van der Waals surface area contributed by atoms with E-state index >= 15 is 0 Å². The minimum Gasteiger partial charge on any atom is -0.425 e. The molecule has 0 fully saturated rings. The van der Waals surface area contributed by atoms with E-state index in [4.69, 9.17) is 4.74 Å². The van der Waals surface area contributed by atoms with Crippen molar-refractivity contribution >= 4 is 34.8 Å². The lowest BCUT2D eigenvalue weighted by atomic mass is 10.1. The molecule has 0 aliphatic heterocycles. The van der Waals surface area contributed by atoms with Gasteiger partial charge in [0.25, 0.3) is 5.91 Å². The molecule has 2 N–H and O–H groups in total. The van der Waals surface area contributed by atoms with Gasteiger partial charge in [-0.15, -0.1) is 11.3 Å². The Bertz CT molecular complexity index is 1020. The summed E-state index contributed by atoms with van der Waals surface area (Å²) in [5.41, 5.74) is 1.23. The molecule has 0 aliphatic rings. The summed E-state index contributed by atoms with van der Waals surface area (Å²) < 4.78 is 5.50. The predicted molar refractivity (Wildman–Crippen MR) is 121 cm³/mol. The minimum atomic E-state index is -0.911. The fourth-order valence-electron chi connectivity index (χ4n) is 2.90. The molecule has 0 spiro atoms. The first-order valence-electron chi connectivity index (χ1n) is 9.93. The Morgan fingerprint density at radius 2 is 1.65 bits per heavy atom. The van der Waals surface area contributed by atoms with Crippen LogP contribution in [0.3, 0.4) is 0 Å². The highest BCUT2D eigenvalue weighted by molar-refractivity contribution is 7.12. The van der Waals surface area contributed by atoms with E-state index in [-0.39, 0.29) is 17.7 Å². The molecule has 1 unspecified atom stereocenters. The van der Waals surface area contributed by atoms with Gasteiger partial charge in [0.2, 0.25) is 5.91 Å². The van der Waals surface area contributed by atoms with Gasteiger partial charge in [-0.05, 0) is 47.2 Å². The summed E-state index contributed by atoms with van der Waals surface area (Å²) in [6.45, 7) is 3.88. The number of hydrogen-bond acceptors (Lipinski definition) is 5. The van der Waals surface area contributed by atoms with Crippen LogP contribution in [-0.2, 0) is 9.59 Å². The van der Waals surface area contributed by atoms with E-state index in [9.17, 15) is 14.4 Å². The Kier molecular flexibility index (Phi) is 7.56. The van der Waals surface area contributed by atoms with E-state index < -0.39 is 12.0 Å². The first-order valence-corrected chi connectivity index (χ1v) is 10.8.